The number of hydrogen-bond donors (Lipinski definition) is 2. The van der Waals surface area contributed by atoms with Gasteiger partial charge in [-0.05, 0) is 55.9 Å². The van der Waals surface area contributed by atoms with Crippen LogP contribution in [0.4, 0.5) is 18.9 Å². The van der Waals surface area contributed by atoms with E-state index >= 15 is 0 Å². The van der Waals surface area contributed by atoms with Gasteiger partial charge in [0.1, 0.15) is 5.60 Å². The van der Waals surface area contributed by atoms with Crippen LogP contribution in [-0.4, -0.2) is 28.1 Å². The molecule has 1 atom stereocenters. The maximum absolute atomic E-state index is 13.1. The molecule has 0 aliphatic carbocycles. The Morgan fingerprint density at radius 3 is 2.32 bits per heavy atom. The number of unbranched alkanes of at least 4 members (excludes halogenated alkanes) is 6. The van der Waals surface area contributed by atoms with Gasteiger partial charge in [-0.15, -0.1) is 0 Å². The van der Waals surface area contributed by atoms with Gasteiger partial charge in [-0.3, -0.25) is 4.79 Å². The number of nitrogens with zero attached hydrogens (tertiary/aromatic N) is 1. The third-order valence-corrected chi connectivity index (χ3v) is 6.19. The molecule has 1 rings (SSSR count). The summed E-state index contributed by atoms with van der Waals surface area (Å²) in [4.78, 5) is 12.4. The Hall–Kier alpha value is -1.72. The number of thioether (sulfide) groups is 1. The summed E-state index contributed by atoms with van der Waals surface area (Å²) < 4.78 is 39.2. The fraction of sp³-hybridized carbons (Fsp3) is 0.652. The van der Waals surface area contributed by atoms with Gasteiger partial charge in [0.25, 0.3) is 5.91 Å². The van der Waals surface area contributed by atoms with Crippen molar-refractivity contribution in [2.24, 2.45) is 0 Å². The first-order chi connectivity index (χ1) is 14.6. The minimum atomic E-state index is -4.71. The van der Waals surface area contributed by atoms with Crippen molar-refractivity contribution in [2.75, 3.05) is 16.8 Å². The monoisotopic (exact) mass is 458 g/mol. The van der Waals surface area contributed by atoms with Gasteiger partial charge in [0, 0.05) is 5.69 Å². The van der Waals surface area contributed by atoms with Crippen molar-refractivity contribution in [1.29, 1.82) is 5.26 Å². The molecule has 4 nitrogen and oxygen atoms in total. The Morgan fingerprint density at radius 1 is 1.10 bits per heavy atom. The zero-order chi connectivity index (χ0) is 23.3. The van der Waals surface area contributed by atoms with Crippen LogP contribution in [0.1, 0.15) is 82.8 Å². The van der Waals surface area contributed by atoms with Gasteiger partial charge in [0.05, 0.1) is 17.2 Å². The van der Waals surface area contributed by atoms with Gasteiger partial charge in [-0.1, -0.05) is 45.4 Å². The van der Waals surface area contributed by atoms with Gasteiger partial charge in [0.15, 0.2) is 0 Å². The van der Waals surface area contributed by atoms with Crippen molar-refractivity contribution in [1.82, 2.24) is 0 Å². The topological polar surface area (TPSA) is 73.1 Å². The molecule has 0 spiro atoms. The lowest BCUT2D eigenvalue weighted by Crippen LogP contribution is -2.40. The maximum atomic E-state index is 13.1. The fourth-order valence-corrected chi connectivity index (χ4v) is 4.11. The molecular weight excluding hydrogens is 425 g/mol. The van der Waals surface area contributed by atoms with Gasteiger partial charge < -0.3 is 10.4 Å². The zero-order valence-electron chi connectivity index (χ0n) is 18.4. The van der Waals surface area contributed by atoms with Crippen LogP contribution in [0.3, 0.4) is 0 Å². The minimum absolute atomic E-state index is 0.104. The highest BCUT2D eigenvalue weighted by Crippen LogP contribution is 2.33. The van der Waals surface area contributed by atoms with Gasteiger partial charge in [-0.25, -0.2) is 0 Å². The summed E-state index contributed by atoms with van der Waals surface area (Å²) in [6.07, 6.45) is 4.17. The highest BCUT2D eigenvalue weighted by Gasteiger charge is 2.35. The molecule has 1 aromatic rings. The Balaban J connectivity index is 2.38. The minimum Gasteiger partial charge on any atom is -0.380 e. The number of carbonyl (C=O) groups excluding carboxylic acids is 1. The largest absolute Gasteiger partial charge is 0.417 e. The predicted molar refractivity (Wildman–Crippen MR) is 120 cm³/mol. The summed E-state index contributed by atoms with van der Waals surface area (Å²) in [5, 5.41) is 21.6. The number of amides is 1. The van der Waals surface area contributed by atoms with Gasteiger partial charge >= 0.3 is 6.18 Å². The number of hydrogen-bond acceptors (Lipinski definition) is 4. The number of alkyl halides is 3. The van der Waals surface area contributed by atoms with E-state index in [1.54, 1.807) is 0 Å². The fourth-order valence-electron chi connectivity index (χ4n) is 3.09. The van der Waals surface area contributed by atoms with E-state index in [0.717, 1.165) is 37.5 Å². The van der Waals surface area contributed by atoms with Crippen LogP contribution < -0.4 is 5.32 Å². The molecule has 0 aromatic heterocycles. The Bertz CT molecular complexity index is 731. The van der Waals surface area contributed by atoms with Crippen LogP contribution in [0.2, 0.25) is 0 Å². The van der Waals surface area contributed by atoms with Crippen LogP contribution >= 0.6 is 11.8 Å². The summed E-state index contributed by atoms with van der Waals surface area (Å²) in [5.41, 5.74) is -3.41. The summed E-state index contributed by atoms with van der Waals surface area (Å²) in [6.45, 7) is 3.56. The third kappa shape index (κ3) is 10.4. The van der Waals surface area contributed by atoms with Crippen LogP contribution in [0.15, 0.2) is 18.2 Å². The van der Waals surface area contributed by atoms with Crippen molar-refractivity contribution in [3.05, 3.63) is 29.3 Å². The molecular formula is C23H33F3N2O2S. The molecule has 1 aromatic carbocycles. The quantitative estimate of drug-likeness (QED) is 0.311. The molecule has 8 heteroatoms. The molecule has 1 amide bonds. The van der Waals surface area contributed by atoms with Crippen LogP contribution in [0.25, 0.3) is 0 Å². The van der Waals surface area contributed by atoms with Crippen molar-refractivity contribution in [3.63, 3.8) is 0 Å². The summed E-state index contributed by atoms with van der Waals surface area (Å²) in [6, 6.07) is 4.44. The number of aliphatic hydroxyl groups is 1. The van der Waals surface area contributed by atoms with Crippen molar-refractivity contribution in [3.8, 4) is 6.07 Å². The van der Waals surface area contributed by atoms with Crippen molar-refractivity contribution in [2.45, 2.75) is 83.4 Å². The number of anilines is 1. The number of halogens is 3. The molecule has 2 N–H and O–H groups in total. The lowest BCUT2D eigenvalue weighted by atomic mass is 9.96. The van der Waals surface area contributed by atoms with E-state index in [0.29, 0.717) is 12.5 Å². The average Bonchev–Trinajstić information content (AvgIpc) is 2.71. The molecule has 31 heavy (non-hydrogen) atoms. The Labute approximate surface area is 187 Å². The number of nitrogens with one attached hydrogen (secondary N) is 1. The van der Waals surface area contributed by atoms with E-state index in [4.69, 9.17) is 5.26 Å². The second kappa shape index (κ2) is 13.6. The molecule has 174 valence electrons. The van der Waals surface area contributed by atoms with E-state index < -0.39 is 28.8 Å². The van der Waals surface area contributed by atoms with E-state index in [2.05, 4.69) is 12.2 Å². The second-order valence-electron chi connectivity index (χ2n) is 7.94. The van der Waals surface area contributed by atoms with Crippen LogP contribution in [0, 0.1) is 11.3 Å². The lowest BCUT2D eigenvalue weighted by Gasteiger charge is -2.22. The number of benzene rings is 1. The molecule has 0 bridgehead atoms. The van der Waals surface area contributed by atoms with E-state index in [-0.39, 0.29) is 12.1 Å². The van der Waals surface area contributed by atoms with Crippen LogP contribution in [-0.2, 0) is 11.0 Å². The first-order valence-corrected chi connectivity index (χ1v) is 12.0. The highest BCUT2D eigenvalue weighted by atomic mass is 32.2. The third-order valence-electron chi connectivity index (χ3n) is 5.04. The maximum Gasteiger partial charge on any atom is 0.417 e. The molecule has 0 saturated heterocycles. The molecule has 0 saturated carbocycles. The Morgan fingerprint density at radius 2 is 1.71 bits per heavy atom. The first-order valence-electron chi connectivity index (χ1n) is 10.8. The summed E-state index contributed by atoms with van der Waals surface area (Å²) in [5.74, 6) is 1.62. The predicted octanol–water partition coefficient (Wildman–Crippen LogP) is 6.53. The molecule has 0 aliphatic heterocycles. The van der Waals surface area contributed by atoms with Crippen molar-refractivity contribution >= 4 is 23.4 Å². The second-order valence-corrected chi connectivity index (χ2v) is 9.16. The molecule has 0 heterocycles. The molecule has 0 unspecified atom stereocenters. The van der Waals surface area contributed by atoms with E-state index in [1.807, 2.05) is 11.8 Å². The highest BCUT2D eigenvalue weighted by molar-refractivity contribution is 7.99. The molecule has 0 aliphatic rings. The number of nitriles is 1. The SMILES string of the molecule is CCCCCSCCCCCCC[C@](C)(O)C(=O)Nc1ccc(C#N)c(C(F)(F)F)c1. The lowest BCUT2D eigenvalue weighted by molar-refractivity contribution is -0.138. The van der Waals surface area contributed by atoms with Crippen LogP contribution in [0.5, 0.6) is 0 Å². The summed E-state index contributed by atoms with van der Waals surface area (Å²) >= 11 is 1.99. The smallest absolute Gasteiger partial charge is 0.380 e. The Kier molecular flexibility index (Phi) is 12.0. The number of rotatable bonds is 14. The summed E-state index contributed by atoms with van der Waals surface area (Å²) in [7, 11) is 0. The van der Waals surface area contributed by atoms with Crippen molar-refractivity contribution < 1.29 is 23.1 Å². The normalized spacial score (nSPS) is 13.5. The standard InChI is InChI=1S/C23H33F3N2O2S/c1-3-4-9-14-31-15-10-7-5-6-8-13-22(2,30)21(29)28-19-12-11-18(17-27)20(16-19)23(24,25)26/h11-12,16,30H,3-10,13-15H2,1-2H3,(H,28,29)/t22-/m0/s1. The van der Waals surface area contributed by atoms with E-state index in [1.165, 1.54) is 44.1 Å². The average molecular weight is 459 g/mol. The van der Waals surface area contributed by atoms with Gasteiger partial charge in [-0.2, -0.15) is 30.2 Å². The zero-order valence-corrected chi connectivity index (χ0v) is 19.2. The van der Waals surface area contributed by atoms with E-state index in [9.17, 15) is 23.1 Å². The molecule has 0 radical (unpaired) electrons. The number of carbonyl (C=O) groups is 1. The molecule has 0 fully saturated rings. The first kappa shape index (κ1) is 27.3. The van der Waals surface area contributed by atoms with Gasteiger partial charge in [0.2, 0.25) is 0 Å².